The van der Waals surface area contributed by atoms with Gasteiger partial charge in [-0.05, 0) is 52.8 Å². The third-order valence-corrected chi connectivity index (χ3v) is 3.27. The minimum Gasteiger partial charge on any atom is -0.489 e. The lowest BCUT2D eigenvalue weighted by Gasteiger charge is -2.35. The molecule has 1 amide bonds. The Hall–Kier alpha value is -1.82. The maximum absolute atomic E-state index is 13.3. The zero-order valence-electron chi connectivity index (χ0n) is 13.8. The van der Waals surface area contributed by atoms with Gasteiger partial charge in [-0.3, -0.25) is 4.90 Å². The van der Waals surface area contributed by atoms with Crippen molar-refractivity contribution in [1.29, 1.82) is 0 Å². The molecule has 0 heterocycles. The van der Waals surface area contributed by atoms with Gasteiger partial charge in [-0.15, -0.1) is 0 Å². The molecule has 0 spiro atoms. The zero-order valence-corrected chi connectivity index (χ0v) is 13.8. The second-order valence-electron chi connectivity index (χ2n) is 6.46. The Morgan fingerprint density at radius 3 is 2.45 bits per heavy atom. The van der Waals surface area contributed by atoms with Gasteiger partial charge in [0.2, 0.25) is 0 Å². The first-order valence-electron chi connectivity index (χ1n) is 7.24. The highest BCUT2D eigenvalue weighted by Crippen LogP contribution is 2.26. The summed E-state index contributed by atoms with van der Waals surface area (Å²) < 4.78 is 19.1. The highest BCUT2D eigenvalue weighted by atomic mass is 19.1. The molecule has 5 nitrogen and oxygen atoms in total. The molecule has 124 valence electrons. The molecule has 0 bridgehead atoms. The number of carboxylic acid groups (broad SMARTS) is 1. The number of amides is 1. The predicted octanol–water partition coefficient (Wildman–Crippen LogP) is 3.39. The topological polar surface area (TPSA) is 75.8 Å². The lowest BCUT2D eigenvalue weighted by Crippen LogP contribution is -2.49. The van der Waals surface area contributed by atoms with Gasteiger partial charge in [0.25, 0.3) is 0 Å². The molecule has 0 radical (unpaired) electrons. The number of nitrogens with two attached hydrogens (primary N) is 1. The molecule has 3 N–H and O–H groups in total. The molecule has 2 atom stereocenters. The highest BCUT2D eigenvalue weighted by molar-refractivity contribution is 5.66. The van der Waals surface area contributed by atoms with Crippen molar-refractivity contribution >= 4 is 6.09 Å². The molecule has 1 aromatic carbocycles. The largest absolute Gasteiger partial charge is 0.489 e. The Morgan fingerprint density at radius 1 is 1.41 bits per heavy atom. The van der Waals surface area contributed by atoms with E-state index < -0.39 is 17.7 Å². The van der Waals surface area contributed by atoms with Gasteiger partial charge in [0, 0.05) is 17.1 Å². The summed E-state index contributed by atoms with van der Waals surface area (Å²) in [4.78, 5) is 12.7. The molecule has 1 aromatic rings. The molecular weight excluding hydrogens is 287 g/mol. The standard InChI is InChI=1S/C16H25FN2O3/c1-10(9-19(15(20)21)16(3,4)5)22-14-7-6-12(17)8-13(14)11(2)18/h6-8,10-11H,9,18H2,1-5H3,(H,20,21)/t10?,11-/m1/s1. The molecule has 0 fully saturated rings. The summed E-state index contributed by atoms with van der Waals surface area (Å²) in [5.74, 6) is 0.0947. The van der Waals surface area contributed by atoms with Crippen molar-refractivity contribution < 1.29 is 19.0 Å². The molecule has 0 aliphatic heterocycles. The number of benzene rings is 1. The van der Waals surface area contributed by atoms with Crippen molar-refractivity contribution in [3.8, 4) is 5.75 Å². The smallest absolute Gasteiger partial charge is 0.407 e. The second kappa shape index (κ2) is 6.96. The molecule has 0 aromatic heterocycles. The van der Waals surface area contributed by atoms with Crippen LogP contribution in [-0.4, -0.2) is 34.3 Å². The van der Waals surface area contributed by atoms with Crippen molar-refractivity contribution in [2.45, 2.75) is 52.3 Å². The first-order valence-corrected chi connectivity index (χ1v) is 7.24. The maximum atomic E-state index is 13.3. The molecule has 0 aliphatic carbocycles. The summed E-state index contributed by atoms with van der Waals surface area (Å²) >= 11 is 0. The van der Waals surface area contributed by atoms with Crippen LogP contribution in [0, 0.1) is 5.82 Å². The van der Waals surface area contributed by atoms with Crippen LogP contribution in [0.4, 0.5) is 9.18 Å². The Balaban J connectivity index is 2.89. The monoisotopic (exact) mass is 312 g/mol. The van der Waals surface area contributed by atoms with E-state index in [2.05, 4.69) is 0 Å². The van der Waals surface area contributed by atoms with Gasteiger partial charge in [0.05, 0.1) is 6.54 Å². The molecule has 0 aliphatic rings. The summed E-state index contributed by atoms with van der Waals surface area (Å²) in [5.41, 5.74) is 5.85. The van der Waals surface area contributed by atoms with E-state index in [1.165, 1.54) is 23.1 Å². The Labute approximate surface area is 130 Å². The Kier molecular flexibility index (Phi) is 5.77. The van der Waals surface area contributed by atoms with Crippen LogP contribution in [0.5, 0.6) is 5.75 Å². The van der Waals surface area contributed by atoms with Crippen LogP contribution in [0.15, 0.2) is 18.2 Å². The Morgan fingerprint density at radius 2 is 2.00 bits per heavy atom. The first-order chi connectivity index (χ1) is 10.0. The van der Waals surface area contributed by atoms with E-state index in [9.17, 15) is 14.3 Å². The molecule has 1 unspecified atom stereocenters. The molecule has 0 saturated carbocycles. The van der Waals surface area contributed by atoms with Gasteiger partial charge in [0.1, 0.15) is 17.7 Å². The fraction of sp³-hybridized carbons (Fsp3) is 0.562. The fourth-order valence-corrected chi connectivity index (χ4v) is 2.13. The number of hydrogen-bond donors (Lipinski definition) is 2. The van der Waals surface area contributed by atoms with Crippen molar-refractivity contribution in [3.63, 3.8) is 0 Å². The van der Waals surface area contributed by atoms with Crippen LogP contribution in [0.1, 0.15) is 46.2 Å². The number of nitrogens with zero attached hydrogens (tertiary/aromatic N) is 1. The number of hydrogen-bond acceptors (Lipinski definition) is 3. The van der Waals surface area contributed by atoms with E-state index >= 15 is 0 Å². The van der Waals surface area contributed by atoms with Crippen molar-refractivity contribution in [1.82, 2.24) is 4.90 Å². The highest BCUT2D eigenvalue weighted by Gasteiger charge is 2.28. The van der Waals surface area contributed by atoms with Gasteiger partial charge in [0.15, 0.2) is 0 Å². The maximum Gasteiger partial charge on any atom is 0.407 e. The molecular formula is C16H25FN2O3. The fourth-order valence-electron chi connectivity index (χ4n) is 2.13. The lowest BCUT2D eigenvalue weighted by atomic mass is 10.1. The minimum absolute atomic E-state index is 0.203. The zero-order chi connectivity index (χ0) is 17.1. The summed E-state index contributed by atoms with van der Waals surface area (Å²) in [7, 11) is 0. The van der Waals surface area contributed by atoms with Crippen LogP contribution in [-0.2, 0) is 0 Å². The predicted molar refractivity (Wildman–Crippen MR) is 83.6 cm³/mol. The van der Waals surface area contributed by atoms with Crippen molar-refractivity contribution in [3.05, 3.63) is 29.6 Å². The van der Waals surface area contributed by atoms with Gasteiger partial charge >= 0.3 is 6.09 Å². The summed E-state index contributed by atoms with van der Waals surface area (Å²) in [5, 5.41) is 9.30. The summed E-state index contributed by atoms with van der Waals surface area (Å²) in [6.07, 6.45) is -1.40. The van der Waals surface area contributed by atoms with Gasteiger partial charge in [-0.25, -0.2) is 9.18 Å². The average molecular weight is 312 g/mol. The van der Waals surface area contributed by atoms with E-state index in [0.29, 0.717) is 11.3 Å². The second-order valence-corrected chi connectivity index (χ2v) is 6.46. The van der Waals surface area contributed by atoms with E-state index in [1.807, 2.05) is 20.8 Å². The SMILES string of the molecule is CC(CN(C(=O)O)C(C)(C)C)Oc1ccc(F)cc1[C@@H](C)N. The summed E-state index contributed by atoms with van der Waals surface area (Å²) in [6.45, 7) is 9.17. The van der Waals surface area contributed by atoms with E-state index in [1.54, 1.807) is 13.8 Å². The van der Waals surface area contributed by atoms with E-state index in [0.717, 1.165) is 0 Å². The van der Waals surface area contributed by atoms with Crippen LogP contribution in [0.25, 0.3) is 0 Å². The van der Waals surface area contributed by atoms with Gasteiger partial charge < -0.3 is 15.6 Å². The molecule has 6 heteroatoms. The number of halogens is 1. The van der Waals surface area contributed by atoms with Gasteiger partial charge in [-0.1, -0.05) is 0 Å². The first kappa shape index (κ1) is 18.2. The van der Waals surface area contributed by atoms with E-state index in [4.69, 9.17) is 10.5 Å². The van der Waals surface area contributed by atoms with Crippen molar-refractivity contribution in [2.75, 3.05) is 6.54 Å². The number of carbonyl (C=O) groups is 1. The number of ether oxygens (including phenoxy) is 1. The van der Waals surface area contributed by atoms with Crippen LogP contribution >= 0.6 is 0 Å². The van der Waals surface area contributed by atoms with Crippen LogP contribution in [0.2, 0.25) is 0 Å². The van der Waals surface area contributed by atoms with Crippen LogP contribution in [0.3, 0.4) is 0 Å². The normalized spacial score (nSPS) is 14.3. The molecule has 0 saturated heterocycles. The summed E-state index contributed by atoms with van der Waals surface area (Å²) in [6, 6.07) is 3.78. The minimum atomic E-state index is -1.01. The van der Waals surface area contributed by atoms with E-state index in [-0.39, 0.29) is 18.4 Å². The average Bonchev–Trinajstić information content (AvgIpc) is 2.36. The Bertz CT molecular complexity index is 527. The third-order valence-electron chi connectivity index (χ3n) is 3.27. The van der Waals surface area contributed by atoms with Gasteiger partial charge in [-0.2, -0.15) is 0 Å². The number of rotatable bonds is 5. The van der Waals surface area contributed by atoms with Crippen molar-refractivity contribution in [2.24, 2.45) is 5.73 Å². The third kappa shape index (κ3) is 4.87. The molecule has 1 rings (SSSR count). The van der Waals surface area contributed by atoms with Crippen LogP contribution < -0.4 is 10.5 Å². The molecule has 22 heavy (non-hydrogen) atoms. The quantitative estimate of drug-likeness (QED) is 0.874. The lowest BCUT2D eigenvalue weighted by molar-refractivity contribution is 0.0692.